The first-order valence-corrected chi connectivity index (χ1v) is 11.6. The van der Waals surface area contributed by atoms with Gasteiger partial charge in [0.15, 0.2) is 0 Å². The molecule has 1 N–H and O–H groups in total. The molecule has 0 unspecified atom stereocenters. The van der Waals surface area contributed by atoms with Crippen molar-refractivity contribution in [3.05, 3.63) is 41.4 Å². The van der Waals surface area contributed by atoms with Crippen LogP contribution in [-0.2, 0) is 4.74 Å². The highest BCUT2D eigenvalue weighted by molar-refractivity contribution is 6.31. The molecule has 0 radical (unpaired) electrons. The van der Waals surface area contributed by atoms with Gasteiger partial charge in [0.25, 0.3) is 0 Å². The number of unbranched alkanes of at least 4 members (excludes halogenated alkanes) is 1. The predicted octanol–water partition coefficient (Wildman–Crippen LogP) is 5.60. The molecule has 4 rings (SSSR count). The highest BCUT2D eigenvalue weighted by atomic mass is 35.5. The SMILES string of the molecule is COCCN(CCCCNc1c2ccc(Cl)cc2nc2ccc(OC)cc12)CC1CC1. The van der Waals surface area contributed by atoms with E-state index in [2.05, 4.69) is 16.3 Å². The minimum Gasteiger partial charge on any atom is -0.497 e. The van der Waals surface area contributed by atoms with E-state index >= 15 is 0 Å². The Balaban J connectivity index is 1.44. The minimum atomic E-state index is 0.700. The van der Waals surface area contributed by atoms with E-state index in [-0.39, 0.29) is 0 Å². The second-order valence-electron chi connectivity index (χ2n) is 8.40. The molecule has 1 aliphatic rings. The summed E-state index contributed by atoms with van der Waals surface area (Å²) < 4.78 is 10.7. The number of nitrogens with one attached hydrogen (secondary N) is 1. The number of benzene rings is 2. The summed E-state index contributed by atoms with van der Waals surface area (Å²) in [6.45, 7) is 5.10. The van der Waals surface area contributed by atoms with Gasteiger partial charge in [-0.05, 0) is 74.5 Å². The lowest BCUT2D eigenvalue weighted by Crippen LogP contribution is -2.30. The number of hydrogen-bond acceptors (Lipinski definition) is 5. The summed E-state index contributed by atoms with van der Waals surface area (Å²) in [5, 5.41) is 6.55. The Morgan fingerprint density at radius 1 is 1.03 bits per heavy atom. The van der Waals surface area contributed by atoms with Crippen LogP contribution in [0.2, 0.25) is 5.02 Å². The smallest absolute Gasteiger partial charge is 0.119 e. The Hall–Kier alpha value is -2.08. The van der Waals surface area contributed by atoms with Crippen molar-refractivity contribution < 1.29 is 9.47 Å². The maximum Gasteiger partial charge on any atom is 0.119 e. The van der Waals surface area contributed by atoms with Crippen LogP contribution in [0.25, 0.3) is 21.8 Å². The molecule has 5 nitrogen and oxygen atoms in total. The van der Waals surface area contributed by atoms with Gasteiger partial charge in [-0.3, -0.25) is 0 Å². The zero-order valence-electron chi connectivity index (χ0n) is 18.5. The van der Waals surface area contributed by atoms with Crippen LogP contribution in [0, 0.1) is 5.92 Å². The van der Waals surface area contributed by atoms with Crippen LogP contribution in [0.4, 0.5) is 5.69 Å². The molecule has 166 valence electrons. The van der Waals surface area contributed by atoms with E-state index < -0.39 is 0 Å². The molecule has 0 bridgehead atoms. The third kappa shape index (κ3) is 5.79. The molecular weight excluding hydrogens is 410 g/mol. The molecule has 1 aliphatic carbocycles. The molecule has 1 heterocycles. The van der Waals surface area contributed by atoms with Crippen molar-refractivity contribution >= 4 is 39.1 Å². The van der Waals surface area contributed by atoms with Gasteiger partial charge >= 0.3 is 0 Å². The topological polar surface area (TPSA) is 46.6 Å². The number of methoxy groups -OCH3 is 2. The highest BCUT2D eigenvalue weighted by Gasteiger charge is 2.23. The van der Waals surface area contributed by atoms with E-state index in [1.165, 1.54) is 25.8 Å². The van der Waals surface area contributed by atoms with Crippen LogP contribution in [0.1, 0.15) is 25.7 Å². The van der Waals surface area contributed by atoms with Crippen LogP contribution in [0.3, 0.4) is 0 Å². The van der Waals surface area contributed by atoms with Crippen LogP contribution < -0.4 is 10.1 Å². The Morgan fingerprint density at radius 2 is 1.90 bits per heavy atom. The number of aromatic nitrogens is 1. The van der Waals surface area contributed by atoms with Crippen molar-refractivity contribution in [1.82, 2.24) is 9.88 Å². The van der Waals surface area contributed by atoms with Crippen LogP contribution >= 0.6 is 11.6 Å². The number of halogens is 1. The lowest BCUT2D eigenvalue weighted by molar-refractivity contribution is 0.143. The summed E-state index contributed by atoms with van der Waals surface area (Å²) in [6.07, 6.45) is 5.05. The van der Waals surface area contributed by atoms with Crippen LogP contribution in [0.5, 0.6) is 5.75 Å². The summed E-state index contributed by atoms with van der Waals surface area (Å²) >= 11 is 6.23. The average Bonchev–Trinajstić information content (AvgIpc) is 3.60. The molecule has 3 aromatic rings. The maximum absolute atomic E-state index is 6.23. The normalized spacial score (nSPS) is 13.9. The first-order chi connectivity index (χ1) is 15.2. The molecule has 6 heteroatoms. The first kappa shape index (κ1) is 22.1. The molecule has 0 atom stereocenters. The second-order valence-corrected chi connectivity index (χ2v) is 8.84. The van der Waals surface area contributed by atoms with Gasteiger partial charge in [0.1, 0.15) is 5.75 Å². The van der Waals surface area contributed by atoms with E-state index in [0.29, 0.717) is 5.02 Å². The third-order valence-electron chi connectivity index (χ3n) is 5.97. The lowest BCUT2D eigenvalue weighted by atomic mass is 10.1. The molecule has 1 aromatic heterocycles. The van der Waals surface area contributed by atoms with Crippen molar-refractivity contribution in [2.75, 3.05) is 52.3 Å². The van der Waals surface area contributed by atoms with E-state index in [1.807, 2.05) is 30.3 Å². The Bertz CT molecular complexity index is 1020. The zero-order chi connectivity index (χ0) is 21.6. The van der Waals surface area contributed by atoms with Crippen molar-refractivity contribution in [2.45, 2.75) is 25.7 Å². The number of fused-ring (bicyclic) bond motifs is 2. The van der Waals surface area contributed by atoms with Gasteiger partial charge in [-0.2, -0.15) is 0 Å². The lowest BCUT2D eigenvalue weighted by Gasteiger charge is -2.22. The van der Waals surface area contributed by atoms with Gasteiger partial charge in [0.05, 0.1) is 30.4 Å². The van der Waals surface area contributed by atoms with Gasteiger partial charge < -0.3 is 19.7 Å². The number of pyridine rings is 1. The third-order valence-corrected chi connectivity index (χ3v) is 6.21. The Labute approximate surface area is 189 Å². The van der Waals surface area contributed by atoms with E-state index in [9.17, 15) is 0 Å². The van der Waals surface area contributed by atoms with E-state index in [1.54, 1.807) is 14.2 Å². The number of rotatable bonds is 12. The number of ether oxygens (including phenoxy) is 2. The minimum absolute atomic E-state index is 0.700. The van der Waals surface area contributed by atoms with E-state index in [0.717, 1.165) is 71.8 Å². The molecule has 0 aliphatic heterocycles. The largest absolute Gasteiger partial charge is 0.497 e. The average molecular weight is 442 g/mol. The van der Waals surface area contributed by atoms with Gasteiger partial charge in [-0.15, -0.1) is 0 Å². The molecule has 1 saturated carbocycles. The standard InChI is InChI=1S/C25H32ClN3O2/c1-30-14-13-29(17-18-5-6-18)12-4-3-11-27-25-21-9-7-19(26)15-24(21)28-23-10-8-20(31-2)16-22(23)25/h7-10,15-16,18H,3-6,11-14,17H2,1-2H3,(H,27,28). The molecular formula is C25H32ClN3O2. The van der Waals surface area contributed by atoms with Crippen LogP contribution in [0.15, 0.2) is 36.4 Å². The molecule has 31 heavy (non-hydrogen) atoms. The molecule has 0 saturated heterocycles. The van der Waals surface area contributed by atoms with Crippen molar-refractivity contribution in [3.8, 4) is 5.75 Å². The second kappa shape index (κ2) is 10.5. The van der Waals surface area contributed by atoms with E-state index in [4.69, 9.17) is 26.1 Å². The fourth-order valence-electron chi connectivity index (χ4n) is 4.07. The van der Waals surface area contributed by atoms with Gasteiger partial charge in [-0.1, -0.05) is 11.6 Å². The van der Waals surface area contributed by atoms with Gasteiger partial charge in [0.2, 0.25) is 0 Å². The summed E-state index contributed by atoms with van der Waals surface area (Å²) in [4.78, 5) is 7.37. The molecule has 2 aromatic carbocycles. The number of anilines is 1. The quantitative estimate of drug-likeness (QED) is 0.293. The van der Waals surface area contributed by atoms with Crippen molar-refractivity contribution in [3.63, 3.8) is 0 Å². The summed E-state index contributed by atoms with van der Waals surface area (Å²) in [6, 6.07) is 11.9. The summed E-state index contributed by atoms with van der Waals surface area (Å²) in [5.74, 6) is 1.74. The van der Waals surface area contributed by atoms with Crippen molar-refractivity contribution in [2.24, 2.45) is 5.92 Å². The monoisotopic (exact) mass is 441 g/mol. The maximum atomic E-state index is 6.23. The predicted molar refractivity (Wildman–Crippen MR) is 130 cm³/mol. The molecule has 1 fully saturated rings. The summed E-state index contributed by atoms with van der Waals surface area (Å²) in [5.41, 5.74) is 2.95. The first-order valence-electron chi connectivity index (χ1n) is 11.2. The fourth-order valence-corrected chi connectivity index (χ4v) is 4.23. The van der Waals surface area contributed by atoms with Crippen molar-refractivity contribution in [1.29, 1.82) is 0 Å². The van der Waals surface area contributed by atoms with Gasteiger partial charge in [0, 0.05) is 42.5 Å². The molecule has 0 amide bonds. The molecule has 0 spiro atoms. The summed E-state index contributed by atoms with van der Waals surface area (Å²) in [7, 11) is 3.48. The fraction of sp³-hybridized carbons (Fsp3) is 0.480. The Kier molecular flexibility index (Phi) is 7.49. The highest BCUT2D eigenvalue weighted by Crippen LogP contribution is 2.34. The zero-order valence-corrected chi connectivity index (χ0v) is 19.3. The van der Waals surface area contributed by atoms with Gasteiger partial charge in [-0.25, -0.2) is 4.98 Å². The van der Waals surface area contributed by atoms with Crippen LogP contribution in [-0.4, -0.2) is 56.9 Å². The number of nitrogens with zero attached hydrogens (tertiary/aromatic N) is 2. The number of hydrogen-bond donors (Lipinski definition) is 1. The Morgan fingerprint density at radius 3 is 2.68 bits per heavy atom.